The number of hydrogen-bond donors (Lipinski definition) is 0. The normalized spacial score (nSPS) is 10.5. The van der Waals surface area contributed by atoms with Gasteiger partial charge in [-0.05, 0) is 13.3 Å². The lowest BCUT2D eigenvalue weighted by Crippen LogP contribution is -2.01. The molecule has 0 amide bonds. The van der Waals surface area contributed by atoms with Gasteiger partial charge in [-0.3, -0.25) is 4.68 Å². The zero-order valence-corrected chi connectivity index (χ0v) is 6.89. The summed E-state index contributed by atoms with van der Waals surface area (Å²) in [5, 5.41) is 3.77. The summed E-state index contributed by atoms with van der Waals surface area (Å²) in [7, 11) is 0. The molecular weight excluding hydrogens is 143 g/mol. The Morgan fingerprint density at radius 1 is 1.64 bits per heavy atom. The third kappa shape index (κ3) is 1.79. The first-order chi connectivity index (χ1) is 5.25. The maximum atomic E-state index is 12.6. The lowest BCUT2D eigenvalue weighted by molar-refractivity contribution is 0.546. The van der Waals surface area contributed by atoms with Crippen LogP contribution in [0.3, 0.4) is 0 Å². The van der Waals surface area contributed by atoms with Crippen molar-refractivity contribution < 1.29 is 4.39 Å². The molecule has 0 saturated heterocycles. The van der Waals surface area contributed by atoms with Gasteiger partial charge >= 0.3 is 0 Å². The summed E-state index contributed by atoms with van der Waals surface area (Å²) in [4.78, 5) is 0. The molecule has 0 bridgehead atoms. The summed E-state index contributed by atoms with van der Waals surface area (Å²) in [6.07, 6.45) is 4.43. The van der Waals surface area contributed by atoms with Crippen LogP contribution in [-0.4, -0.2) is 9.78 Å². The molecule has 0 aromatic carbocycles. The topological polar surface area (TPSA) is 17.8 Å². The van der Waals surface area contributed by atoms with Crippen LogP contribution in [0, 0.1) is 18.9 Å². The molecule has 0 spiro atoms. The van der Waals surface area contributed by atoms with Gasteiger partial charge in [0.25, 0.3) is 0 Å². The minimum absolute atomic E-state index is 0.332. The van der Waals surface area contributed by atoms with E-state index >= 15 is 0 Å². The van der Waals surface area contributed by atoms with Crippen LogP contribution in [0.2, 0.25) is 0 Å². The van der Waals surface area contributed by atoms with E-state index in [4.69, 9.17) is 0 Å². The van der Waals surface area contributed by atoms with Crippen molar-refractivity contribution in [2.75, 3.05) is 0 Å². The molecule has 1 aromatic rings. The zero-order valence-electron chi connectivity index (χ0n) is 6.89. The molecule has 2 nitrogen and oxygen atoms in total. The van der Waals surface area contributed by atoms with Gasteiger partial charge in [0.1, 0.15) is 0 Å². The molecule has 0 fully saturated rings. The average Bonchev–Trinajstić information content (AvgIpc) is 2.31. The highest BCUT2D eigenvalue weighted by atomic mass is 19.1. The van der Waals surface area contributed by atoms with Crippen LogP contribution in [0.15, 0.2) is 0 Å². The number of halogens is 1. The molecular formula is C8H12FN2. The van der Waals surface area contributed by atoms with Crippen molar-refractivity contribution in [3.63, 3.8) is 0 Å². The summed E-state index contributed by atoms with van der Waals surface area (Å²) in [5.41, 5.74) is 0.582. The molecule has 0 atom stereocenters. The first kappa shape index (κ1) is 8.24. The molecule has 1 radical (unpaired) electrons. The highest BCUT2D eigenvalue weighted by Crippen LogP contribution is 2.04. The van der Waals surface area contributed by atoms with Crippen LogP contribution in [0.4, 0.5) is 4.39 Å². The third-order valence-corrected chi connectivity index (χ3v) is 1.70. The van der Waals surface area contributed by atoms with Crippen LogP contribution < -0.4 is 0 Å². The molecule has 3 heteroatoms. The van der Waals surface area contributed by atoms with Crippen molar-refractivity contribution in [1.29, 1.82) is 0 Å². The molecule has 0 aliphatic rings. The molecule has 61 valence electrons. The van der Waals surface area contributed by atoms with E-state index in [0.717, 1.165) is 19.4 Å². The number of aromatic nitrogens is 2. The first-order valence-electron chi connectivity index (χ1n) is 3.86. The van der Waals surface area contributed by atoms with E-state index in [1.54, 1.807) is 11.6 Å². The van der Waals surface area contributed by atoms with Crippen molar-refractivity contribution in [3.8, 4) is 0 Å². The van der Waals surface area contributed by atoms with Gasteiger partial charge in [0.05, 0.1) is 5.69 Å². The first-order valence-corrected chi connectivity index (χ1v) is 3.86. The minimum Gasteiger partial charge on any atom is -0.266 e. The van der Waals surface area contributed by atoms with E-state index in [-0.39, 0.29) is 5.82 Å². The van der Waals surface area contributed by atoms with Crippen molar-refractivity contribution in [2.45, 2.75) is 33.2 Å². The van der Waals surface area contributed by atoms with Crippen LogP contribution in [0.1, 0.15) is 25.5 Å². The van der Waals surface area contributed by atoms with Gasteiger partial charge in [-0.1, -0.05) is 13.3 Å². The summed E-state index contributed by atoms with van der Waals surface area (Å²) >= 11 is 0. The molecule has 0 unspecified atom stereocenters. The molecule has 1 heterocycles. The number of hydrogen-bond acceptors (Lipinski definition) is 1. The lowest BCUT2D eigenvalue weighted by atomic mass is 10.3. The number of unbranched alkanes of at least 4 members (excludes halogenated alkanes) is 1. The summed E-state index contributed by atoms with van der Waals surface area (Å²) in [6.45, 7) is 4.61. The van der Waals surface area contributed by atoms with Gasteiger partial charge in [0.2, 0.25) is 0 Å². The van der Waals surface area contributed by atoms with Crippen LogP contribution in [-0.2, 0) is 6.54 Å². The van der Waals surface area contributed by atoms with Gasteiger partial charge in [-0.15, -0.1) is 0 Å². The SMILES string of the molecule is CCCCn1n[c]c(F)c1C. The summed E-state index contributed by atoms with van der Waals surface area (Å²) < 4.78 is 14.3. The van der Waals surface area contributed by atoms with Gasteiger partial charge in [-0.2, -0.15) is 5.10 Å². The molecule has 0 aliphatic heterocycles. The second-order valence-corrected chi connectivity index (χ2v) is 2.59. The Balaban J connectivity index is 2.63. The Morgan fingerprint density at radius 3 is 2.82 bits per heavy atom. The Bertz CT molecular complexity index is 230. The average molecular weight is 155 g/mol. The number of nitrogens with zero attached hydrogens (tertiary/aromatic N) is 2. The summed E-state index contributed by atoms with van der Waals surface area (Å²) in [6, 6.07) is 0. The fourth-order valence-corrected chi connectivity index (χ4v) is 0.899. The molecule has 1 aromatic heterocycles. The van der Waals surface area contributed by atoms with Gasteiger partial charge < -0.3 is 0 Å². The van der Waals surface area contributed by atoms with Crippen LogP contribution in [0.25, 0.3) is 0 Å². The van der Waals surface area contributed by atoms with Crippen molar-refractivity contribution >= 4 is 0 Å². The van der Waals surface area contributed by atoms with E-state index in [1.165, 1.54) is 0 Å². The Hall–Kier alpha value is -0.860. The Labute approximate surface area is 66.0 Å². The largest absolute Gasteiger partial charge is 0.266 e. The van der Waals surface area contributed by atoms with Crippen molar-refractivity contribution in [1.82, 2.24) is 9.78 Å². The fraction of sp³-hybridized carbons (Fsp3) is 0.625. The lowest BCUT2D eigenvalue weighted by Gasteiger charge is -2.00. The second-order valence-electron chi connectivity index (χ2n) is 2.59. The van der Waals surface area contributed by atoms with Crippen molar-refractivity contribution in [2.24, 2.45) is 0 Å². The second kappa shape index (κ2) is 3.51. The van der Waals surface area contributed by atoms with E-state index in [2.05, 4.69) is 18.2 Å². The maximum absolute atomic E-state index is 12.6. The number of rotatable bonds is 3. The quantitative estimate of drug-likeness (QED) is 0.652. The van der Waals surface area contributed by atoms with Crippen LogP contribution in [0.5, 0.6) is 0 Å². The van der Waals surface area contributed by atoms with Gasteiger partial charge in [0, 0.05) is 6.54 Å². The highest BCUT2D eigenvalue weighted by molar-refractivity contribution is 4.99. The predicted molar refractivity (Wildman–Crippen MR) is 40.7 cm³/mol. The van der Waals surface area contributed by atoms with Gasteiger partial charge in [0.15, 0.2) is 12.0 Å². The van der Waals surface area contributed by atoms with Gasteiger partial charge in [-0.25, -0.2) is 4.39 Å². The van der Waals surface area contributed by atoms with Crippen LogP contribution >= 0.6 is 0 Å². The smallest absolute Gasteiger partial charge is 0.173 e. The summed E-state index contributed by atoms with van der Waals surface area (Å²) in [5.74, 6) is -0.332. The third-order valence-electron chi connectivity index (χ3n) is 1.70. The zero-order chi connectivity index (χ0) is 8.27. The Kier molecular flexibility index (Phi) is 2.63. The van der Waals surface area contributed by atoms with E-state index in [9.17, 15) is 4.39 Å². The molecule has 0 saturated carbocycles. The Morgan fingerprint density at radius 2 is 2.36 bits per heavy atom. The highest BCUT2D eigenvalue weighted by Gasteiger charge is 2.03. The molecule has 1 rings (SSSR count). The minimum atomic E-state index is -0.332. The predicted octanol–water partition coefficient (Wildman–Crippen LogP) is 1.93. The molecule has 11 heavy (non-hydrogen) atoms. The monoisotopic (exact) mass is 155 g/mol. The molecule has 0 aliphatic carbocycles. The number of aryl methyl sites for hydroxylation is 1. The standard InChI is InChI=1S/C8H12FN2/c1-3-4-5-11-7(2)8(9)6-10-11/h3-5H2,1-2H3. The van der Waals surface area contributed by atoms with Crippen molar-refractivity contribution in [3.05, 3.63) is 17.7 Å². The van der Waals surface area contributed by atoms with E-state index < -0.39 is 0 Å². The maximum Gasteiger partial charge on any atom is 0.173 e. The fourth-order valence-electron chi connectivity index (χ4n) is 0.899. The van der Waals surface area contributed by atoms with E-state index in [0.29, 0.717) is 5.69 Å². The van der Waals surface area contributed by atoms with E-state index in [1.807, 2.05) is 0 Å². The molecule has 0 N–H and O–H groups in total.